The molecule has 6 rings (SSSR count). The molecule has 0 N–H and O–H groups in total. The van der Waals surface area contributed by atoms with Gasteiger partial charge in [0.25, 0.3) is 0 Å². The number of hydrogen-bond acceptors (Lipinski definition) is 3. The summed E-state index contributed by atoms with van der Waals surface area (Å²) >= 11 is 0. The highest BCUT2D eigenvalue weighted by molar-refractivity contribution is 7.01. The lowest BCUT2D eigenvalue weighted by Crippen LogP contribution is -2.63. The van der Waals surface area contributed by atoms with E-state index in [4.69, 9.17) is 0 Å². The molecule has 5 heteroatoms. The fourth-order valence-corrected chi connectivity index (χ4v) is 9.07. The van der Waals surface area contributed by atoms with Crippen molar-refractivity contribution in [3.05, 3.63) is 112 Å². The van der Waals surface area contributed by atoms with E-state index in [1.807, 2.05) is 26.2 Å². The Labute approximate surface area is 226 Å². The van der Waals surface area contributed by atoms with Gasteiger partial charge in [0.2, 0.25) is 5.36 Å². The van der Waals surface area contributed by atoms with Gasteiger partial charge in [0.1, 0.15) is 21.7 Å². The van der Waals surface area contributed by atoms with Crippen LogP contribution in [0.2, 0.25) is 13.1 Å². The number of benzene rings is 4. The zero-order valence-corrected chi connectivity index (χ0v) is 24.2. The molecular formula is C33H35N4Si+. The fourth-order valence-electron chi connectivity index (χ4n) is 6.02. The normalized spacial score (nSPS) is 15.4. The Morgan fingerprint density at radius 2 is 1.50 bits per heavy atom. The Balaban J connectivity index is 1.54. The van der Waals surface area contributed by atoms with Gasteiger partial charge in [-0.25, -0.2) is 4.58 Å². The first-order valence-corrected chi connectivity index (χ1v) is 16.4. The standard InChI is InChI=1S/C33H35N4Si/c1-22-9-7-8-10-27(22)33-28-16-13-25(35-34-24-11-14-26(15-12-24)36(2)3)20-31(28)38(5,6)32-21-30-23(19-29(32)33)17-18-37(30)4/h7-16,19-21H,17-18H2,1-6H3/q+1. The van der Waals surface area contributed by atoms with Crippen LogP contribution in [0.15, 0.2) is 89.1 Å². The minimum Gasteiger partial charge on any atom is -0.378 e. The Kier molecular flexibility index (Phi) is 5.91. The van der Waals surface area contributed by atoms with Crippen LogP contribution in [0.1, 0.15) is 22.3 Å². The third kappa shape index (κ3) is 4.02. The van der Waals surface area contributed by atoms with Gasteiger partial charge in [0.05, 0.1) is 11.4 Å². The molecule has 0 fully saturated rings. The lowest BCUT2D eigenvalue weighted by atomic mass is 9.91. The molecule has 4 aromatic carbocycles. The molecule has 190 valence electrons. The monoisotopic (exact) mass is 515 g/mol. The highest BCUT2D eigenvalue weighted by Crippen LogP contribution is 2.29. The Morgan fingerprint density at radius 1 is 0.789 bits per heavy atom. The van der Waals surface area contributed by atoms with Crippen molar-refractivity contribution in [2.24, 2.45) is 10.2 Å². The van der Waals surface area contributed by atoms with E-state index >= 15 is 0 Å². The van der Waals surface area contributed by atoms with E-state index in [0.29, 0.717) is 0 Å². The van der Waals surface area contributed by atoms with Crippen LogP contribution < -0.4 is 30.4 Å². The first-order chi connectivity index (χ1) is 18.2. The molecule has 4 nitrogen and oxygen atoms in total. The van der Waals surface area contributed by atoms with E-state index < -0.39 is 8.07 Å². The van der Waals surface area contributed by atoms with Gasteiger partial charge in [-0.15, -0.1) is 0 Å². The quantitative estimate of drug-likeness (QED) is 0.223. The van der Waals surface area contributed by atoms with E-state index in [1.54, 1.807) is 0 Å². The summed E-state index contributed by atoms with van der Waals surface area (Å²) in [5.74, 6) is 0. The smallest absolute Gasteiger partial charge is 0.203 e. The summed E-state index contributed by atoms with van der Waals surface area (Å²) in [7, 11) is 4.30. The van der Waals surface area contributed by atoms with Gasteiger partial charge >= 0.3 is 0 Å². The van der Waals surface area contributed by atoms with Crippen molar-refractivity contribution in [1.29, 1.82) is 0 Å². The third-order valence-electron chi connectivity index (χ3n) is 8.30. The van der Waals surface area contributed by atoms with Crippen molar-refractivity contribution < 1.29 is 0 Å². The first kappa shape index (κ1) is 24.5. The van der Waals surface area contributed by atoms with Crippen LogP contribution in [-0.4, -0.2) is 35.8 Å². The molecule has 38 heavy (non-hydrogen) atoms. The molecule has 0 atom stereocenters. The van der Waals surface area contributed by atoms with Crippen LogP contribution in [0.3, 0.4) is 0 Å². The molecule has 0 radical (unpaired) electrons. The largest absolute Gasteiger partial charge is 0.378 e. The number of rotatable bonds is 4. The van der Waals surface area contributed by atoms with Crippen LogP contribution in [0.25, 0.3) is 5.57 Å². The van der Waals surface area contributed by atoms with E-state index in [-0.39, 0.29) is 0 Å². The second-order valence-corrected chi connectivity index (χ2v) is 15.7. The summed E-state index contributed by atoms with van der Waals surface area (Å²) in [6.45, 7) is 8.29. The number of anilines is 1. The molecule has 4 aromatic rings. The summed E-state index contributed by atoms with van der Waals surface area (Å²) < 4.78 is 2.41. The minimum atomic E-state index is -2.01. The second-order valence-electron chi connectivity index (χ2n) is 11.4. The van der Waals surface area contributed by atoms with E-state index in [9.17, 15) is 0 Å². The SMILES string of the molecule is Cc1ccccc1C1=c2cc3c(cc2[Si](C)(C)c2cc(N=Nc4ccc(N(C)C)cc4)ccc21)=[N+](C)CC3. The molecule has 0 saturated carbocycles. The van der Waals surface area contributed by atoms with Gasteiger partial charge in [-0.1, -0.05) is 43.4 Å². The van der Waals surface area contributed by atoms with Crippen LogP contribution in [0.5, 0.6) is 0 Å². The summed E-state index contributed by atoms with van der Waals surface area (Å²) in [4.78, 5) is 2.09. The third-order valence-corrected chi connectivity index (χ3v) is 11.8. The Bertz CT molecular complexity index is 1730. The predicted octanol–water partition coefficient (Wildman–Crippen LogP) is 4.54. The van der Waals surface area contributed by atoms with E-state index in [0.717, 1.165) is 30.0 Å². The molecule has 0 aromatic heterocycles. The van der Waals surface area contributed by atoms with Gasteiger partial charge in [0.15, 0.2) is 0 Å². The van der Waals surface area contributed by atoms with Crippen molar-refractivity contribution in [2.75, 3.05) is 32.6 Å². The zero-order valence-electron chi connectivity index (χ0n) is 23.2. The van der Waals surface area contributed by atoms with Gasteiger partial charge in [-0.3, -0.25) is 0 Å². The average molecular weight is 516 g/mol. The molecule has 2 aliphatic heterocycles. The first-order valence-electron chi connectivity index (χ1n) is 13.4. The molecule has 0 aliphatic carbocycles. The van der Waals surface area contributed by atoms with Crippen LogP contribution in [0, 0.1) is 6.92 Å². The van der Waals surface area contributed by atoms with Crippen molar-refractivity contribution in [3.8, 4) is 0 Å². The lowest BCUT2D eigenvalue weighted by molar-refractivity contribution is 0.720. The summed E-state index contributed by atoms with van der Waals surface area (Å²) in [6.07, 6.45) is 1.11. The molecule has 2 aliphatic rings. The molecule has 0 bridgehead atoms. The number of fused-ring (bicyclic) bond motifs is 3. The molecule has 0 saturated heterocycles. The topological polar surface area (TPSA) is 31.0 Å². The molecule has 0 unspecified atom stereocenters. The predicted molar refractivity (Wildman–Crippen MR) is 162 cm³/mol. The van der Waals surface area contributed by atoms with Gasteiger partial charge in [-0.2, -0.15) is 10.2 Å². The number of likely N-dealkylation sites (N-methyl/N-ethyl adjacent to an activating group) is 1. The van der Waals surface area contributed by atoms with Gasteiger partial charge < -0.3 is 4.90 Å². The van der Waals surface area contributed by atoms with E-state index in [1.165, 1.54) is 48.8 Å². The van der Waals surface area contributed by atoms with Crippen LogP contribution in [-0.2, 0) is 6.42 Å². The number of hydrogen-bond donors (Lipinski definition) is 0. The summed E-state index contributed by atoms with van der Waals surface area (Å²) in [5, 5.41) is 15.0. The molecule has 2 heterocycles. The number of azo groups is 1. The Hall–Kier alpha value is -3.83. The van der Waals surface area contributed by atoms with Gasteiger partial charge in [0, 0.05) is 37.8 Å². The minimum absolute atomic E-state index is 0.862. The zero-order chi connectivity index (χ0) is 26.6. The molecular weight excluding hydrogens is 480 g/mol. The van der Waals surface area contributed by atoms with E-state index in [2.05, 4.69) is 113 Å². The molecule has 0 amide bonds. The number of aryl methyl sites for hydroxylation is 1. The van der Waals surface area contributed by atoms with Crippen molar-refractivity contribution in [1.82, 2.24) is 4.58 Å². The molecule has 0 spiro atoms. The lowest BCUT2D eigenvalue weighted by Gasteiger charge is -2.33. The highest BCUT2D eigenvalue weighted by atomic mass is 28.3. The van der Waals surface area contributed by atoms with Crippen molar-refractivity contribution >= 4 is 41.1 Å². The highest BCUT2D eigenvalue weighted by Gasteiger charge is 2.37. The second kappa shape index (κ2) is 9.17. The van der Waals surface area contributed by atoms with Crippen molar-refractivity contribution in [3.63, 3.8) is 0 Å². The summed E-state index contributed by atoms with van der Waals surface area (Å²) in [5.41, 5.74) is 9.73. The maximum Gasteiger partial charge on any atom is 0.203 e. The van der Waals surface area contributed by atoms with Gasteiger partial charge in [-0.05, 0) is 87.2 Å². The fraction of sp³-hybridized carbons (Fsp3) is 0.242. The Morgan fingerprint density at radius 3 is 2.24 bits per heavy atom. The maximum atomic E-state index is 4.68. The number of nitrogens with zero attached hydrogens (tertiary/aromatic N) is 4. The average Bonchev–Trinajstić information content (AvgIpc) is 3.28. The van der Waals surface area contributed by atoms with Crippen molar-refractivity contribution in [2.45, 2.75) is 26.4 Å². The van der Waals surface area contributed by atoms with Crippen LogP contribution >= 0.6 is 0 Å². The maximum absolute atomic E-state index is 4.68. The van der Waals surface area contributed by atoms with Crippen LogP contribution in [0.4, 0.5) is 17.1 Å². The summed E-state index contributed by atoms with van der Waals surface area (Å²) in [6, 6.07) is 28.7.